The molecule has 0 saturated heterocycles. The van der Waals surface area contributed by atoms with E-state index in [1.54, 1.807) is 16.7 Å². The molecule has 8 nitrogen and oxygen atoms in total. The SMILES string of the molecule is CS(=O)(=O)N(Cc1nnc(SCC(=O)Nc2ccccc2)n1-c1ccccc1)c1ccc(F)cc1. The molecule has 0 aliphatic rings. The Balaban J connectivity index is 1.62. The summed E-state index contributed by atoms with van der Waals surface area (Å²) in [4.78, 5) is 12.5. The summed E-state index contributed by atoms with van der Waals surface area (Å²) in [6.45, 7) is -0.136. The average Bonchev–Trinajstić information content (AvgIpc) is 3.25. The third kappa shape index (κ3) is 6.25. The minimum atomic E-state index is -3.72. The van der Waals surface area contributed by atoms with Crippen LogP contribution >= 0.6 is 11.8 Å². The van der Waals surface area contributed by atoms with Crippen LogP contribution in [0.4, 0.5) is 15.8 Å². The van der Waals surface area contributed by atoms with Crippen LogP contribution in [0.1, 0.15) is 5.82 Å². The monoisotopic (exact) mass is 511 g/mol. The van der Waals surface area contributed by atoms with E-state index in [2.05, 4.69) is 15.5 Å². The maximum absolute atomic E-state index is 13.4. The molecule has 35 heavy (non-hydrogen) atoms. The van der Waals surface area contributed by atoms with Crippen LogP contribution in [0.15, 0.2) is 90.1 Å². The van der Waals surface area contributed by atoms with E-state index in [1.807, 2.05) is 48.5 Å². The van der Waals surface area contributed by atoms with Crippen molar-refractivity contribution in [2.75, 3.05) is 21.6 Å². The number of carbonyl (C=O) groups is 1. The van der Waals surface area contributed by atoms with Crippen LogP contribution in [0.5, 0.6) is 0 Å². The van der Waals surface area contributed by atoms with E-state index in [-0.39, 0.29) is 18.2 Å². The van der Waals surface area contributed by atoms with Crippen LogP contribution < -0.4 is 9.62 Å². The van der Waals surface area contributed by atoms with Gasteiger partial charge < -0.3 is 5.32 Å². The summed E-state index contributed by atoms with van der Waals surface area (Å²) >= 11 is 1.18. The van der Waals surface area contributed by atoms with Gasteiger partial charge in [0.15, 0.2) is 11.0 Å². The lowest BCUT2D eigenvalue weighted by Gasteiger charge is -2.22. The normalized spacial score (nSPS) is 11.3. The fourth-order valence-corrected chi connectivity index (χ4v) is 4.94. The van der Waals surface area contributed by atoms with Gasteiger partial charge in [-0.25, -0.2) is 12.8 Å². The molecule has 0 unspecified atom stereocenters. The Labute approximate surface area is 206 Å². The molecule has 4 rings (SSSR count). The average molecular weight is 512 g/mol. The van der Waals surface area contributed by atoms with E-state index < -0.39 is 15.8 Å². The molecule has 0 aliphatic carbocycles. The van der Waals surface area contributed by atoms with E-state index >= 15 is 0 Å². The quantitative estimate of drug-likeness (QED) is 0.340. The number of anilines is 2. The summed E-state index contributed by atoms with van der Waals surface area (Å²) in [6, 6.07) is 23.5. The number of nitrogens with one attached hydrogen (secondary N) is 1. The minimum absolute atomic E-state index is 0.0770. The first-order valence-electron chi connectivity index (χ1n) is 10.5. The summed E-state index contributed by atoms with van der Waals surface area (Å²) in [5, 5.41) is 11.7. The number of sulfonamides is 1. The molecule has 1 N–H and O–H groups in total. The van der Waals surface area contributed by atoms with Crippen molar-refractivity contribution in [3.8, 4) is 5.69 Å². The number of carbonyl (C=O) groups excluding carboxylic acids is 1. The third-order valence-electron chi connectivity index (χ3n) is 4.90. The first-order chi connectivity index (χ1) is 16.8. The van der Waals surface area contributed by atoms with Crippen molar-refractivity contribution < 1.29 is 17.6 Å². The summed E-state index contributed by atoms with van der Waals surface area (Å²) in [6.07, 6.45) is 1.07. The van der Waals surface area contributed by atoms with Gasteiger partial charge in [-0.15, -0.1) is 10.2 Å². The Kier molecular flexibility index (Phi) is 7.47. The molecule has 180 valence electrons. The Morgan fingerprint density at radius 3 is 2.23 bits per heavy atom. The number of nitrogens with zero attached hydrogens (tertiary/aromatic N) is 4. The smallest absolute Gasteiger partial charge is 0.234 e. The van der Waals surface area contributed by atoms with Gasteiger partial charge in [0.05, 0.1) is 24.2 Å². The molecule has 0 bridgehead atoms. The minimum Gasteiger partial charge on any atom is -0.325 e. The maximum Gasteiger partial charge on any atom is 0.234 e. The van der Waals surface area contributed by atoms with Crippen molar-refractivity contribution in [2.45, 2.75) is 11.7 Å². The lowest BCUT2D eigenvalue weighted by Crippen LogP contribution is -2.30. The van der Waals surface area contributed by atoms with Crippen molar-refractivity contribution in [2.24, 2.45) is 0 Å². The van der Waals surface area contributed by atoms with E-state index in [9.17, 15) is 17.6 Å². The third-order valence-corrected chi connectivity index (χ3v) is 6.97. The highest BCUT2D eigenvalue weighted by Gasteiger charge is 2.23. The Morgan fingerprint density at radius 1 is 0.971 bits per heavy atom. The zero-order chi connectivity index (χ0) is 24.8. The number of halogens is 1. The van der Waals surface area contributed by atoms with Crippen molar-refractivity contribution in [3.63, 3.8) is 0 Å². The Hall–Kier alpha value is -3.70. The molecule has 11 heteroatoms. The van der Waals surface area contributed by atoms with Gasteiger partial charge in [-0.2, -0.15) is 0 Å². The van der Waals surface area contributed by atoms with Crippen molar-refractivity contribution >= 4 is 39.1 Å². The zero-order valence-electron chi connectivity index (χ0n) is 18.7. The number of hydrogen-bond acceptors (Lipinski definition) is 6. The van der Waals surface area contributed by atoms with Crippen LogP contribution in [-0.4, -0.2) is 41.1 Å². The number of aromatic nitrogens is 3. The molecule has 1 aromatic heterocycles. The second-order valence-corrected chi connectivity index (χ2v) is 10.4. The Morgan fingerprint density at radius 2 is 1.60 bits per heavy atom. The molecular formula is C24H22FN5O3S2. The largest absolute Gasteiger partial charge is 0.325 e. The van der Waals surface area contributed by atoms with E-state index in [1.165, 1.54) is 36.0 Å². The zero-order valence-corrected chi connectivity index (χ0v) is 20.3. The number of thioether (sulfide) groups is 1. The van der Waals surface area contributed by atoms with Gasteiger partial charge in [-0.3, -0.25) is 13.7 Å². The topological polar surface area (TPSA) is 97.2 Å². The fraction of sp³-hybridized carbons (Fsp3) is 0.125. The van der Waals surface area contributed by atoms with E-state index in [0.29, 0.717) is 28.0 Å². The molecular weight excluding hydrogens is 489 g/mol. The van der Waals surface area contributed by atoms with Crippen molar-refractivity contribution in [1.29, 1.82) is 0 Å². The molecule has 1 heterocycles. The number of rotatable bonds is 9. The van der Waals surface area contributed by atoms with Gasteiger partial charge in [0.2, 0.25) is 15.9 Å². The Bertz CT molecular complexity index is 1400. The maximum atomic E-state index is 13.4. The van der Waals surface area contributed by atoms with Crippen molar-refractivity contribution in [3.05, 3.63) is 96.6 Å². The molecule has 0 radical (unpaired) electrons. The van der Waals surface area contributed by atoms with Crippen LogP contribution in [0.2, 0.25) is 0 Å². The predicted octanol–water partition coefficient (Wildman–Crippen LogP) is 4.10. The number of para-hydroxylation sites is 2. The summed E-state index contributed by atoms with van der Waals surface area (Å²) in [5.41, 5.74) is 1.70. The number of hydrogen-bond donors (Lipinski definition) is 1. The van der Waals surface area contributed by atoms with E-state index in [0.717, 1.165) is 10.6 Å². The highest BCUT2D eigenvalue weighted by molar-refractivity contribution is 7.99. The number of amides is 1. The molecule has 0 aliphatic heterocycles. The van der Waals surface area contributed by atoms with Gasteiger partial charge in [-0.05, 0) is 48.5 Å². The lowest BCUT2D eigenvalue weighted by atomic mass is 10.3. The standard InChI is InChI=1S/C24H22FN5O3S2/c1-35(32,33)29(20-14-12-18(25)13-15-20)16-22-27-28-24(30(22)21-10-6-3-7-11-21)34-17-23(31)26-19-8-4-2-5-9-19/h2-15H,16-17H2,1H3,(H,26,31). The van der Waals surface area contributed by atoms with Crippen LogP contribution in [0, 0.1) is 5.82 Å². The molecule has 0 saturated carbocycles. The van der Waals surface area contributed by atoms with Gasteiger partial charge in [0.25, 0.3) is 0 Å². The molecule has 0 atom stereocenters. The molecule has 0 spiro atoms. The lowest BCUT2D eigenvalue weighted by molar-refractivity contribution is -0.113. The van der Waals surface area contributed by atoms with Gasteiger partial charge in [-0.1, -0.05) is 48.2 Å². The van der Waals surface area contributed by atoms with Crippen LogP contribution in [-0.2, 0) is 21.4 Å². The van der Waals surface area contributed by atoms with Gasteiger partial charge >= 0.3 is 0 Å². The highest BCUT2D eigenvalue weighted by atomic mass is 32.2. The second-order valence-electron chi connectivity index (χ2n) is 7.52. The summed E-state index contributed by atoms with van der Waals surface area (Å²) in [5.74, 6) is -0.262. The first kappa shape index (κ1) is 24.4. The van der Waals surface area contributed by atoms with E-state index in [4.69, 9.17) is 0 Å². The fourth-order valence-electron chi connectivity index (χ4n) is 3.32. The predicted molar refractivity (Wildman–Crippen MR) is 135 cm³/mol. The summed E-state index contributed by atoms with van der Waals surface area (Å²) in [7, 11) is -3.72. The van der Waals surface area contributed by atoms with Gasteiger partial charge in [0.1, 0.15) is 5.82 Å². The number of benzene rings is 3. The first-order valence-corrected chi connectivity index (χ1v) is 13.4. The van der Waals surface area contributed by atoms with Crippen LogP contribution in [0.3, 0.4) is 0 Å². The highest BCUT2D eigenvalue weighted by Crippen LogP contribution is 2.26. The molecule has 3 aromatic carbocycles. The van der Waals surface area contributed by atoms with Gasteiger partial charge in [0, 0.05) is 11.4 Å². The second kappa shape index (κ2) is 10.7. The van der Waals surface area contributed by atoms with Crippen LogP contribution in [0.25, 0.3) is 5.69 Å². The molecule has 1 amide bonds. The summed E-state index contributed by atoms with van der Waals surface area (Å²) < 4.78 is 41.4. The molecule has 0 fully saturated rings. The molecule has 4 aromatic rings. The van der Waals surface area contributed by atoms with Crippen molar-refractivity contribution in [1.82, 2.24) is 14.8 Å².